The van der Waals surface area contributed by atoms with Gasteiger partial charge in [0.1, 0.15) is 11.5 Å². The van der Waals surface area contributed by atoms with E-state index in [1.807, 2.05) is 32.9 Å². The highest BCUT2D eigenvalue weighted by Gasteiger charge is 2.09. The Morgan fingerprint density at radius 1 is 1.00 bits per heavy atom. The average molecular weight is 299 g/mol. The Balaban J connectivity index is 0.000000847. The summed E-state index contributed by atoms with van der Waals surface area (Å²) in [5.41, 5.74) is 3.36. The molecule has 4 nitrogen and oxygen atoms in total. The molecule has 114 valence electrons. The normalized spacial score (nSPS) is 10.0. The third kappa shape index (κ3) is 3.36. The average Bonchev–Trinajstić information content (AvgIpc) is 2.96. The van der Waals surface area contributed by atoms with Crippen LogP contribution < -0.4 is 0 Å². The van der Waals surface area contributed by atoms with Crippen LogP contribution in [0.15, 0.2) is 40.9 Å². The van der Waals surface area contributed by atoms with Gasteiger partial charge in [-0.15, -0.1) is 10.2 Å². The lowest BCUT2D eigenvalue weighted by Crippen LogP contribution is -1.88. The van der Waals surface area contributed by atoms with Crippen LogP contribution in [0.4, 0.5) is 4.39 Å². The van der Waals surface area contributed by atoms with Crippen molar-refractivity contribution < 1.29 is 8.81 Å². The largest absolute Gasteiger partial charge is 0.420 e. The Morgan fingerprint density at radius 2 is 1.77 bits per heavy atom. The number of rotatable bonds is 2. The lowest BCUT2D eigenvalue weighted by molar-refractivity contribution is 0.531. The van der Waals surface area contributed by atoms with E-state index in [1.54, 1.807) is 19.2 Å². The highest BCUT2D eigenvalue weighted by molar-refractivity contribution is 5.67. The van der Waals surface area contributed by atoms with Gasteiger partial charge < -0.3 is 4.42 Å². The monoisotopic (exact) mass is 299 g/mol. The van der Waals surface area contributed by atoms with Gasteiger partial charge in [-0.25, -0.2) is 4.39 Å². The molecule has 2 heterocycles. The number of halogens is 1. The second-order valence-electron chi connectivity index (χ2n) is 4.52. The molecule has 0 bridgehead atoms. The van der Waals surface area contributed by atoms with Crippen LogP contribution in [-0.4, -0.2) is 15.2 Å². The molecule has 0 aliphatic rings. The lowest BCUT2D eigenvalue weighted by atomic mass is 10.0. The second-order valence-corrected chi connectivity index (χ2v) is 4.52. The molecule has 0 aliphatic carbocycles. The highest BCUT2D eigenvalue weighted by atomic mass is 19.1. The first-order chi connectivity index (χ1) is 10.6. The van der Waals surface area contributed by atoms with Crippen molar-refractivity contribution in [3.63, 3.8) is 0 Å². The molecule has 0 N–H and O–H groups in total. The minimum atomic E-state index is -0.239. The van der Waals surface area contributed by atoms with Gasteiger partial charge in [-0.05, 0) is 36.2 Å². The summed E-state index contributed by atoms with van der Waals surface area (Å²) in [6.07, 6.45) is 1.72. The summed E-state index contributed by atoms with van der Waals surface area (Å²) in [5.74, 6) is 0.655. The standard InChI is InChI=1S/C15H12FN3O.C2H6/c1-9-7-12(16)4-5-13(9)11-3-6-14(17-8-11)15-19-18-10(2)20-15;1-2/h3-8H,1-2H3;1-2H3. The van der Waals surface area contributed by atoms with Gasteiger partial charge in [0.05, 0.1) is 0 Å². The zero-order valence-corrected chi connectivity index (χ0v) is 13.1. The Labute approximate surface area is 129 Å². The second kappa shape index (κ2) is 6.93. The van der Waals surface area contributed by atoms with Gasteiger partial charge in [-0.3, -0.25) is 4.98 Å². The van der Waals surface area contributed by atoms with Crippen LogP contribution in [0.1, 0.15) is 25.3 Å². The summed E-state index contributed by atoms with van der Waals surface area (Å²) in [4.78, 5) is 4.31. The van der Waals surface area contributed by atoms with Crippen LogP contribution in [0.2, 0.25) is 0 Å². The topological polar surface area (TPSA) is 51.8 Å². The van der Waals surface area contributed by atoms with Gasteiger partial charge in [0.15, 0.2) is 0 Å². The molecule has 0 unspecified atom stereocenters. The maximum absolute atomic E-state index is 13.1. The lowest BCUT2D eigenvalue weighted by Gasteiger charge is -2.06. The molecular formula is C17H18FN3O. The van der Waals surface area contributed by atoms with Gasteiger partial charge in [-0.1, -0.05) is 26.0 Å². The Bertz CT molecular complexity index is 751. The third-order valence-electron chi connectivity index (χ3n) is 3.01. The smallest absolute Gasteiger partial charge is 0.266 e. The highest BCUT2D eigenvalue weighted by Crippen LogP contribution is 2.25. The van der Waals surface area contributed by atoms with Crippen LogP contribution in [0.5, 0.6) is 0 Å². The van der Waals surface area contributed by atoms with Gasteiger partial charge in [0.25, 0.3) is 5.89 Å². The number of pyridine rings is 1. The number of aromatic nitrogens is 3. The zero-order chi connectivity index (χ0) is 16.1. The fourth-order valence-corrected chi connectivity index (χ4v) is 2.03. The predicted molar refractivity (Wildman–Crippen MR) is 83.7 cm³/mol. The quantitative estimate of drug-likeness (QED) is 0.695. The minimum absolute atomic E-state index is 0.239. The van der Waals surface area contributed by atoms with Gasteiger partial charge in [0, 0.05) is 18.7 Å². The molecule has 0 amide bonds. The third-order valence-corrected chi connectivity index (χ3v) is 3.01. The van der Waals surface area contributed by atoms with Gasteiger partial charge in [0.2, 0.25) is 5.89 Å². The summed E-state index contributed by atoms with van der Waals surface area (Å²) in [5, 5.41) is 7.69. The first-order valence-corrected chi connectivity index (χ1v) is 7.16. The number of aryl methyl sites for hydroxylation is 2. The van der Waals surface area contributed by atoms with Crippen molar-refractivity contribution in [2.75, 3.05) is 0 Å². The molecule has 0 aliphatic heterocycles. The molecule has 5 heteroatoms. The Kier molecular flexibility index (Phi) is 4.99. The molecule has 0 saturated heterocycles. The minimum Gasteiger partial charge on any atom is -0.420 e. The molecule has 0 radical (unpaired) electrons. The Hall–Kier alpha value is -2.56. The molecule has 2 aromatic heterocycles. The van der Waals surface area contributed by atoms with Crippen LogP contribution in [-0.2, 0) is 0 Å². The molecule has 0 saturated carbocycles. The molecule has 1 aromatic carbocycles. The maximum Gasteiger partial charge on any atom is 0.266 e. The van der Waals surface area contributed by atoms with E-state index >= 15 is 0 Å². The summed E-state index contributed by atoms with van der Waals surface area (Å²) in [7, 11) is 0. The summed E-state index contributed by atoms with van der Waals surface area (Å²) >= 11 is 0. The SMILES string of the molecule is CC.Cc1nnc(-c2ccc(-c3ccc(F)cc3C)cn2)o1. The van der Waals surface area contributed by atoms with E-state index in [9.17, 15) is 4.39 Å². The zero-order valence-electron chi connectivity index (χ0n) is 13.1. The van der Waals surface area contributed by atoms with E-state index < -0.39 is 0 Å². The van der Waals surface area contributed by atoms with E-state index in [1.165, 1.54) is 12.1 Å². The van der Waals surface area contributed by atoms with Crippen LogP contribution in [0.3, 0.4) is 0 Å². The van der Waals surface area contributed by atoms with Crippen molar-refractivity contribution in [2.45, 2.75) is 27.7 Å². The number of nitrogens with zero attached hydrogens (tertiary/aromatic N) is 3. The van der Waals surface area contributed by atoms with Gasteiger partial charge in [-0.2, -0.15) is 0 Å². The number of hydrogen-bond acceptors (Lipinski definition) is 4. The van der Waals surface area contributed by atoms with Crippen molar-refractivity contribution in [3.05, 3.63) is 53.8 Å². The van der Waals surface area contributed by atoms with Crippen molar-refractivity contribution in [1.29, 1.82) is 0 Å². The summed E-state index contributed by atoms with van der Waals surface area (Å²) < 4.78 is 18.4. The Morgan fingerprint density at radius 3 is 2.32 bits per heavy atom. The van der Waals surface area contributed by atoms with E-state index in [-0.39, 0.29) is 5.82 Å². The van der Waals surface area contributed by atoms with E-state index in [4.69, 9.17) is 4.42 Å². The molecule has 0 atom stereocenters. The van der Waals surface area contributed by atoms with Crippen molar-refractivity contribution in [1.82, 2.24) is 15.2 Å². The van der Waals surface area contributed by atoms with Crippen LogP contribution >= 0.6 is 0 Å². The van der Waals surface area contributed by atoms with E-state index in [2.05, 4.69) is 15.2 Å². The molecular weight excluding hydrogens is 281 g/mol. The first kappa shape index (κ1) is 15.8. The fraction of sp³-hybridized carbons (Fsp3) is 0.235. The number of benzene rings is 1. The summed E-state index contributed by atoms with van der Waals surface area (Å²) in [6.45, 7) is 7.60. The molecule has 3 rings (SSSR count). The van der Waals surface area contributed by atoms with Crippen LogP contribution in [0.25, 0.3) is 22.7 Å². The van der Waals surface area contributed by atoms with Crippen molar-refractivity contribution in [2.24, 2.45) is 0 Å². The fourth-order valence-electron chi connectivity index (χ4n) is 2.03. The van der Waals surface area contributed by atoms with E-state index in [0.29, 0.717) is 17.5 Å². The van der Waals surface area contributed by atoms with Crippen molar-refractivity contribution >= 4 is 0 Å². The molecule has 0 fully saturated rings. The van der Waals surface area contributed by atoms with Gasteiger partial charge >= 0.3 is 0 Å². The van der Waals surface area contributed by atoms with Crippen LogP contribution in [0, 0.1) is 19.7 Å². The van der Waals surface area contributed by atoms with E-state index in [0.717, 1.165) is 16.7 Å². The van der Waals surface area contributed by atoms with Crippen molar-refractivity contribution in [3.8, 4) is 22.7 Å². The number of hydrogen-bond donors (Lipinski definition) is 0. The molecule has 22 heavy (non-hydrogen) atoms. The molecule has 0 spiro atoms. The molecule has 3 aromatic rings. The predicted octanol–water partition coefficient (Wildman–Crippen LogP) is 4.58. The summed E-state index contributed by atoms with van der Waals surface area (Å²) in [6, 6.07) is 8.41. The first-order valence-electron chi connectivity index (χ1n) is 7.16. The maximum atomic E-state index is 13.1.